The van der Waals surface area contributed by atoms with Crippen LogP contribution in [0.1, 0.15) is 44.4 Å². The summed E-state index contributed by atoms with van der Waals surface area (Å²) in [6.45, 7) is 9.07. The first-order chi connectivity index (χ1) is 9.23. The van der Waals surface area contributed by atoms with Gasteiger partial charge >= 0.3 is 0 Å². The van der Waals surface area contributed by atoms with Gasteiger partial charge in [-0.1, -0.05) is 18.2 Å². The van der Waals surface area contributed by atoms with Crippen molar-refractivity contribution in [3.05, 3.63) is 47.9 Å². The van der Waals surface area contributed by atoms with E-state index < -0.39 is 18.1 Å². The van der Waals surface area contributed by atoms with Crippen molar-refractivity contribution in [3.8, 4) is 0 Å². The maximum absolute atomic E-state index is 12.7. The second-order valence-electron chi connectivity index (χ2n) is 5.49. The zero-order chi connectivity index (χ0) is 15.3. The first kappa shape index (κ1) is 16.4. The molecule has 0 aliphatic rings. The molecule has 0 bridgehead atoms. The van der Waals surface area contributed by atoms with Crippen LogP contribution in [0, 0.1) is 0 Å². The molecule has 1 aromatic carbocycles. The van der Waals surface area contributed by atoms with Gasteiger partial charge in [0.15, 0.2) is 5.88 Å². The molecule has 5 heteroatoms. The van der Waals surface area contributed by atoms with E-state index in [-0.39, 0.29) is 12.2 Å². The molecule has 0 amide bonds. The number of halogens is 2. The average molecular weight is 285 g/mol. The quantitative estimate of drug-likeness (QED) is 0.786. The Morgan fingerprint density at radius 1 is 1.35 bits per heavy atom. The fourth-order valence-corrected chi connectivity index (χ4v) is 1.74. The number of aliphatic hydroxyl groups excluding tert-OH is 1. The van der Waals surface area contributed by atoms with Crippen LogP contribution in [-0.4, -0.2) is 17.3 Å². The highest BCUT2D eigenvalue weighted by molar-refractivity contribution is 5.27. The number of hydrogen-bond acceptors (Lipinski definition) is 3. The summed E-state index contributed by atoms with van der Waals surface area (Å²) in [6, 6.07) is 5.38. The lowest BCUT2D eigenvalue weighted by atomic mass is 10.0. The van der Waals surface area contributed by atoms with Gasteiger partial charge < -0.3 is 15.2 Å². The van der Waals surface area contributed by atoms with Gasteiger partial charge in [0.1, 0.15) is 5.60 Å². The second-order valence-corrected chi connectivity index (χ2v) is 5.49. The molecular weight excluding hydrogens is 264 g/mol. The number of hydrogen-bond donors (Lipinski definition) is 2. The molecule has 0 aromatic heterocycles. The van der Waals surface area contributed by atoms with E-state index in [9.17, 15) is 13.9 Å². The Hall–Kier alpha value is -1.62. The van der Waals surface area contributed by atoms with Gasteiger partial charge in [-0.25, -0.2) is 8.78 Å². The zero-order valence-corrected chi connectivity index (χ0v) is 12.0. The van der Waals surface area contributed by atoms with Crippen molar-refractivity contribution in [3.63, 3.8) is 0 Å². The van der Waals surface area contributed by atoms with Gasteiger partial charge in [-0.2, -0.15) is 0 Å². The van der Waals surface area contributed by atoms with Crippen LogP contribution in [0.3, 0.4) is 0 Å². The van der Waals surface area contributed by atoms with Crippen molar-refractivity contribution in [1.82, 2.24) is 5.32 Å². The van der Waals surface area contributed by atoms with Crippen molar-refractivity contribution in [2.75, 3.05) is 6.61 Å². The molecule has 0 fully saturated rings. The first-order valence-electron chi connectivity index (χ1n) is 6.36. The van der Waals surface area contributed by atoms with Gasteiger partial charge in [0, 0.05) is 5.56 Å². The van der Waals surface area contributed by atoms with Crippen LogP contribution in [0.2, 0.25) is 0 Å². The predicted octanol–water partition coefficient (Wildman–Crippen LogP) is 3.53. The van der Waals surface area contributed by atoms with E-state index in [4.69, 9.17) is 4.74 Å². The van der Waals surface area contributed by atoms with Gasteiger partial charge in [0.25, 0.3) is 6.43 Å². The number of aliphatic hydroxyl groups is 1. The second kappa shape index (κ2) is 6.70. The lowest BCUT2D eigenvalue weighted by Gasteiger charge is -2.26. The molecular formula is C15H21F2NO2. The summed E-state index contributed by atoms with van der Waals surface area (Å²) in [5.74, 6) is 0.291. The fraction of sp³-hybridized carbons (Fsp3) is 0.467. The van der Waals surface area contributed by atoms with Crippen molar-refractivity contribution in [1.29, 1.82) is 0 Å². The zero-order valence-electron chi connectivity index (χ0n) is 12.0. The fourth-order valence-electron chi connectivity index (χ4n) is 1.74. The van der Waals surface area contributed by atoms with Crippen LogP contribution >= 0.6 is 0 Å². The van der Waals surface area contributed by atoms with Crippen molar-refractivity contribution in [2.45, 2.75) is 38.8 Å². The molecule has 1 atom stereocenters. The van der Waals surface area contributed by atoms with E-state index in [2.05, 4.69) is 11.9 Å². The largest absolute Gasteiger partial charge is 0.474 e. The summed E-state index contributed by atoms with van der Waals surface area (Å²) in [7, 11) is 0. The Morgan fingerprint density at radius 2 is 1.95 bits per heavy atom. The lowest BCUT2D eigenvalue weighted by Crippen LogP contribution is -2.29. The van der Waals surface area contributed by atoms with Crippen molar-refractivity contribution in [2.24, 2.45) is 0 Å². The smallest absolute Gasteiger partial charge is 0.263 e. The maximum atomic E-state index is 12.7. The molecule has 1 unspecified atom stereocenters. The summed E-state index contributed by atoms with van der Waals surface area (Å²) in [5, 5.41) is 12.3. The van der Waals surface area contributed by atoms with Crippen molar-refractivity contribution >= 4 is 0 Å². The van der Waals surface area contributed by atoms with Crippen LogP contribution in [0.15, 0.2) is 36.7 Å². The Labute approximate surface area is 118 Å². The number of alkyl halides is 2. The predicted molar refractivity (Wildman–Crippen MR) is 74.3 cm³/mol. The van der Waals surface area contributed by atoms with Gasteiger partial charge in [-0.15, -0.1) is 0 Å². The number of nitrogens with one attached hydrogen (secondary N) is 1. The Balaban J connectivity index is 2.81. The molecule has 0 aliphatic heterocycles. The molecule has 1 aromatic rings. The van der Waals surface area contributed by atoms with Crippen LogP contribution < -0.4 is 5.32 Å². The Morgan fingerprint density at radius 3 is 2.45 bits per heavy atom. The SMILES string of the molecule is C=C(NC(CO)c1cccc(C(F)F)c1)OC(C)(C)C. The molecule has 20 heavy (non-hydrogen) atoms. The molecule has 2 N–H and O–H groups in total. The van der Waals surface area contributed by atoms with E-state index in [1.807, 2.05) is 20.8 Å². The molecule has 0 spiro atoms. The van der Waals surface area contributed by atoms with E-state index >= 15 is 0 Å². The minimum atomic E-state index is -2.54. The lowest BCUT2D eigenvalue weighted by molar-refractivity contribution is 0.0356. The average Bonchev–Trinajstić information content (AvgIpc) is 2.34. The maximum Gasteiger partial charge on any atom is 0.263 e. The Bertz CT molecular complexity index is 455. The van der Waals surface area contributed by atoms with E-state index in [1.165, 1.54) is 18.2 Å². The Kier molecular flexibility index (Phi) is 5.51. The summed E-state index contributed by atoms with van der Waals surface area (Å²) in [6.07, 6.45) is -2.54. The third kappa shape index (κ3) is 5.17. The minimum Gasteiger partial charge on any atom is -0.474 e. The molecule has 0 heterocycles. The van der Waals surface area contributed by atoms with Gasteiger partial charge in [-0.05, 0) is 39.0 Å². The molecule has 0 saturated heterocycles. The van der Waals surface area contributed by atoms with Gasteiger partial charge in [-0.3, -0.25) is 0 Å². The van der Waals surface area contributed by atoms with Crippen LogP contribution in [0.4, 0.5) is 8.78 Å². The summed E-state index contributed by atoms with van der Waals surface area (Å²) in [4.78, 5) is 0. The topological polar surface area (TPSA) is 41.5 Å². The molecule has 3 nitrogen and oxygen atoms in total. The van der Waals surface area contributed by atoms with E-state index in [0.29, 0.717) is 11.4 Å². The summed E-state index contributed by atoms with van der Waals surface area (Å²) in [5.41, 5.74) is 0.0589. The number of ether oxygens (including phenoxy) is 1. The molecule has 0 aliphatic carbocycles. The number of rotatable bonds is 6. The molecule has 1 rings (SSSR count). The van der Waals surface area contributed by atoms with Crippen LogP contribution in [0.5, 0.6) is 0 Å². The van der Waals surface area contributed by atoms with E-state index in [0.717, 1.165) is 0 Å². The van der Waals surface area contributed by atoms with Crippen LogP contribution in [0.25, 0.3) is 0 Å². The highest BCUT2D eigenvalue weighted by Gasteiger charge is 2.17. The monoisotopic (exact) mass is 285 g/mol. The van der Waals surface area contributed by atoms with Gasteiger partial charge in [0.2, 0.25) is 0 Å². The minimum absolute atomic E-state index is 0.0786. The number of benzene rings is 1. The van der Waals surface area contributed by atoms with E-state index in [1.54, 1.807) is 6.07 Å². The van der Waals surface area contributed by atoms with Crippen molar-refractivity contribution < 1.29 is 18.6 Å². The highest BCUT2D eigenvalue weighted by Crippen LogP contribution is 2.23. The van der Waals surface area contributed by atoms with Gasteiger partial charge in [0.05, 0.1) is 12.6 Å². The van der Waals surface area contributed by atoms with Crippen LogP contribution in [-0.2, 0) is 4.74 Å². The molecule has 0 radical (unpaired) electrons. The first-order valence-corrected chi connectivity index (χ1v) is 6.36. The third-order valence-electron chi connectivity index (χ3n) is 2.51. The molecule has 0 saturated carbocycles. The normalized spacial score (nSPS) is 13.2. The summed E-state index contributed by atoms with van der Waals surface area (Å²) < 4.78 is 30.9. The third-order valence-corrected chi connectivity index (χ3v) is 2.51. The standard InChI is InChI=1S/C15H21F2NO2/c1-10(20-15(2,3)4)18-13(9-19)11-6-5-7-12(8-11)14(16)17/h5-8,13-14,18-19H,1,9H2,2-4H3. The summed E-state index contributed by atoms with van der Waals surface area (Å²) >= 11 is 0. The molecule has 112 valence electrons. The highest BCUT2D eigenvalue weighted by atomic mass is 19.3.